The van der Waals surface area contributed by atoms with Crippen molar-refractivity contribution in [3.05, 3.63) is 42.1 Å². The predicted octanol–water partition coefficient (Wildman–Crippen LogP) is 4.11. The van der Waals surface area contributed by atoms with Gasteiger partial charge in [0.1, 0.15) is 0 Å². The van der Waals surface area contributed by atoms with Crippen molar-refractivity contribution < 1.29 is 5.11 Å². The maximum atomic E-state index is 11.0. The molecule has 2 nitrogen and oxygen atoms in total. The van der Waals surface area contributed by atoms with Gasteiger partial charge in [-0.1, -0.05) is 44.4 Å². The van der Waals surface area contributed by atoms with E-state index in [9.17, 15) is 5.11 Å². The topological polar surface area (TPSA) is 33.1 Å². The summed E-state index contributed by atoms with van der Waals surface area (Å²) in [5, 5.41) is 12.1. The molecule has 2 heteroatoms. The average Bonchev–Trinajstić information content (AvgIpc) is 2.47. The maximum Gasteiger partial charge on any atom is 0.0704 e. The first-order valence-electron chi connectivity index (χ1n) is 7.75. The van der Waals surface area contributed by atoms with Crippen LogP contribution < -0.4 is 0 Å². The molecule has 1 saturated carbocycles. The summed E-state index contributed by atoms with van der Waals surface area (Å²) in [6, 6.07) is 10.3. The van der Waals surface area contributed by atoms with E-state index in [1.165, 1.54) is 23.8 Å². The van der Waals surface area contributed by atoms with Gasteiger partial charge in [-0.3, -0.25) is 4.98 Å². The highest BCUT2D eigenvalue weighted by molar-refractivity contribution is 5.81. The van der Waals surface area contributed by atoms with Crippen LogP contribution in [0.15, 0.2) is 36.5 Å². The quantitative estimate of drug-likeness (QED) is 0.909. The van der Waals surface area contributed by atoms with E-state index in [0.717, 1.165) is 31.2 Å². The van der Waals surface area contributed by atoms with Crippen molar-refractivity contribution in [3.8, 4) is 0 Å². The number of aromatic nitrogens is 1. The van der Waals surface area contributed by atoms with Gasteiger partial charge in [0.2, 0.25) is 0 Å². The first kappa shape index (κ1) is 13.6. The third-order valence-corrected chi connectivity index (χ3v) is 4.76. The number of aliphatic hydroxyl groups is 1. The Morgan fingerprint density at radius 3 is 3.00 bits per heavy atom. The van der Waals surface area contributed by atoms with E-state index in [0.29, 0.717) is 5.92 Å². The Balaban J connectivity index is 1.89. The number of nitrogens with zero attached hydrogens (tertiary/aromatic N) is 1. The molecule has 1 aromatic heterocycles. The molecule has 2 unspecified atom stereocenters. The summed E-state index contributed by atoms with van der Waals surface area (Å²) in [7, 11) is 0. The third kappa shape index (κ3) is 2.71. The number of fused-ring (bicyclic) bond motifs is 1. The fourth-order valence-electron chi connectivity index (χ4n) is 3.63. The van der Waals surface area contributed by atoms with E-state index in [2.05, 4.69) is 24.0 Å². The van der Waals surface area contributed by atoms with Gasteiger partial charge in [-0.2, -0.15) is 0 Å². The minimum Gasteiger partial charge on any atom is -0.390 e. The fraction of sp³-hybridized carbons (Fsp3) is 0.500. The van der Waals surface area contributed by atoms with Gasteiger partial charge in [0.15, 0.2) is 0 Å². The molecule has 20 heavy (non-hydrogen) atoms. The molecule has 106 valence electrons. The molecule has 1 heterocycles. The SMILES string of the molecule is CCC1CCCC(O)(Cc2ccnc3ccccc23)C1. The minimum atomic E-state index is -0.525. The molecule has 2 atom stereocenters. The summed E-state index contributed by atoms with van der Waals surface area (Å²) < 4.78 is 0. The number of hydrogen-bond acceptors (Lipinski definition) is 2. The number of hydrogen-bond donors (Lipinski definition) is 1. The van der Waals surface area contributed by atoms with Gasteiger partial charge in [0.05, 0.1) is 11.1 Å². The molecule has 0 spiro atoms. The first-order chi connectivity index (χ1) is 9.70. The molecular weight excluding hydrogens is 246 g/mol. The largest absolute Gasteiger partial charge is 0.390 e. The van der Waals surface area contributed by atoms with Crippen molar-refractivity contribution >= 4 is 10.9 Å². The molecule has 1 aromatic carbocycles. The van der Waals surface area contributed by atoms with Crippen LogP contribution in [0.4, 0.5) is 0 Å². The zero-order chi connectivity index (χ0) is 14.0. The molecule has 1 N–H and O–H groups in total. The number of pyridine rings is 1. The minimum absolute atomic E-state index is 0.525. The lowest BCUT2D eigenvalue weighted by Gasteiger charge is -2.37. The van der Waals surface area contributed by atoms with Gasteiger partial charge < -0.3 is 5.11 Å². The lowest BCUT2D eigenvalue weighted by molar-refractivity contribution is -0.0159. The average molecular weight is 269 g/mol. The van der Waals surface area contributed by atoms with Crippen LogP contribution in [0.25, 0.3) is 10.9 Å². The molecule has 2 aromatic rings. The van der Waals surface area contributed by atoms with Crippen molar-refractivity contribution in [1.29, 1.82) is 0 Å². The molecule has 3 rings (SSSR count). The Morgan fingerprint density at radius 1 is 1.30 bits per heavy atom. The first-order valence-corrected chi connectivity index (χ1v) is 7.75. The van der Waals surface area contributed by atoms with Crippen molar-refractivity contribution in [2.24, 2.45) is 5.92 Å². The summed E-state index contributed by atoms with van der Waals surface area (Å²) in [4.78, 5) is 4.41. The van der Waals surface area contributed by atoms with Crippen molar-refractivity contribution in [3.63, 3.8) is 0 Å². The van der Waals surface area contributed by atoms with Crippen LogP contribution in [-0.2, 0) is 6.42 Å². The lowest BCUT2D eigenvalue weighted by atomic mass is 9.74. The number of para-hydroxylation sites is 1. The van der Waals surface area contributed by atoms with Crippen LogP contribution in [0.5, 0.6) is 0 Å². The Morgan fingerprint density at radius 2 is 2.15 bits per heavy atom. The van der Waals surface area contributed by atoms with Crippen molar-refractivity contribution in [2.45, 2.75) is 51.0 Å². The van der Waals surface area contributed by atoms with E-state index in [1.54, 1.807) is 0 Å². The molecule has 0 bridgehead atoms. The molecule has 1 fully saturated rings. The van der Waals surface area contributed by atoms with Gasteiger partial charge >= 0.3 is 0 Å². The third-order valence-electron chi connectivity index (χ3n) is 4.76. The highest BCUT2D eigenvalue weighted by Crippen LogP contribution is 2.37. The van der Waals surface area contributed by atoms with E-state index >= 15 is 0 Å². The Hall–Kier alpha value is -1.41. The van der Waals surface area contributed by atoms with E-state index in [1.807, 2.05) is 24.4 Å². The number of benzene rings is 1. The van der Waals surface area contributed by atoms with Crippen LogP contribution in [0.2, 0.25) is 0 Å². The van der Waals surface area contributed by atoms with E-state index in [4.69, 9.17) is 0 Å². The second kappa shape index (κ2) is 5.53. The van der Waals surface area contributed by atoms with Gasteiger partial charge in [0, 0.05) is 18.0 Å². The summed E-state index contributed by atoms with van der Waals surface area (Å²) in [6.07, 6.45) is 8.10. The smallest absolute Gasteiger partial charge is 0.0704 e. The summed E-state index contributed by atoms with van der Waals surface area (Å²) in [6.45, 7) is 2.23. The molecule has 0 amide bonds. The van der Waals surface area contributed by atoms with Crippen LogP contribution in [0.1, 0.15) is 44.6 Å². The monoisotopic (exact) mass is 269 g/mol. The normalized spacial score (nSPS) is 26.8. The molecule has 0 radical (unpaired) electrons. The molecule has 0 saturated heterocycles. The van der Waals surface area contributed by atoms with Gasteiger partial charge in [0.25, 0.3) is 0 Å². The Labute approximate surface area is 120 Å². The fourth-order valence-corrected chi connectivity index (χ4v) is 3.63. The molecule has 0 aliphatic heterocycles. The Bertz CT molecular complexity index is 589. The predicted molar refractivity (Wildman–Crippen MR) is 82.6 cm³/mol. The maximum absolute atomic E-state index is 11.0. The van der Waals surface area contributed by atoms with Crippen LogP contribution in [0, 0.1) is 5.92 Å². The van der Waals surface area contributed by atoms with Gasteiger partial charge in [-0.05, 0) is 36.5 Å². The van der Waals surface area contributed by atoms with Crippen LogP contribution in [0.3, 0.4) is 0 Å². The number of rotatable bonds is 3. The van der Waals surface area contributed by atoms with Gasteiger partial charge in [-0.15, -0.1) is 0 Å². The summed E-state index contributed by atoms with van der Waals surface area (Å²) in [5.41, 5.74) is 1.73. The van der Waals surface area contributed by atoms with E-state index in [-0.39, 0.29) is 0 Å². The Kier molecular flexibility index (Phi) is 3.75. The highest BCUT2D eigenvalue weighted by Gasteiger charge is 2.34. The standard InChI is InChI=1S/C18H23NO/c1-2-14-6-5-10-18(20,12-14)13-15-9-11-19-17-8-4-3-7-16(15)17/h3-4,7-9,11,14,20H,2,5-6,10,12-13H2,1H3. The van der Waals surface area contributed by atoms with Crippen molar-refractivity contribution in [1.82, 2.24) is 4.98 Å². The molecule has 1 aliphatic rings. The highest BCUT2D eigenvalue weighted by atomic mass is 16.3. The van der Waals surface area contributed by atoms with Crippen LogP contribution in [-0.4, -0.2) is 15.7 Å². The molecular formula is C18H23NO. The van der Waals surface area contributed by atoms with Crippen LogP contribution >= 0.6 is 0 Å². The zero-order valence-corrected chi connectivity index (χ0v) is 12.2. The van der Waals surface area contributed by atoms with Crippen molar-refractivity contribution in [2.75, 3.05) is 0 Å². The second-order valence-electron chi connectivity index (χ2n) is 6.26. The zero-order valence-electron chi connectivity index (χ0n) is 12.2. The van der Waals surface area contributed by atoms with Gasteiger partial charge in [-0.25, -0.2) is 0 Å². The second-order valence-corrected chi connectivity index (χ2v) is 6.26. The summed E-state index contributed by atoms with van der Waals surface area (Å²) >= 11 is 0. The lowest BCUT2D eigenvalue weighted by Crippen LogP contribution is -2.37. The molecule has 1 aliphatic carbocycles. The van der Waals surface area contributed by atoms with E-state index < -0.39 is 5.60 Å². The summed E-state index contributed by atoms with van der Waals surface area (Å²) in [5.74, 6) is 0.682.